The smallest absolute Gasteiger partial charge is 0.220 e. The highest BCUT2D eigenvalue weighted by molar-refractivity contribution is 5.85. The summed E-state index contributed by atoms with van der Waals surface area (Å²) in [6, 6.07) is 8.19. The van der Waals surface area contributed by atoms with Crippen LogP contribution < -0.4 is 15.4 Å². The summed E-state index contributed by atoms with van der Waals surface area (Å²) in [5.41, 5.74) is 1.33. The van der Waals surface area contributed by atoms with Crippen LogP contribution in [-0.4, -0.2) is 32.7 Å². The maximum Gasteiger partial charge on any atom is 0.220 e. The Morgan fingerprint density at radius 3 is 2.67 bits per heavy atom. The number of amides is 1. The molecule has 3 rings (SSSR count). The number of nitrogens with one attached hydrogen (secondary N) is 2. The average Bonchev–Trinajstić information content (AvgIpc) is 3.40. The fourth-order valence-corrected chi connectivity index (χ4v) is 3.64. The highest BCUT2D eigenvalue weighted by Gasteiger charge is 2.46. The third-order valence-electron chi connectivity index (χ3n) is 5.39. The number of ether oxygens (including phenoxy) is 1. The number of carbonyl (C=O) groups excluding carboxylic acids is 1. The topological polar surface area (TPSA) is 50.4 Å². The maximum atomic E-state index is 12.2. The second-order valence-corrected chi connectivity index (χ2v) is 6.99. The zero-order valence-corrected chi connectivity index (χ0v) is 15.3. The van der Waals surface area contributed by atoms with Crippen LogP contribution in [0.2, 0.25) is 0 Å². The first-order chi connectivity index (χ1) is 11.2. The predicted molar refractivity (Wildman–Crippen MR) is 99.0 cm³/mol. The second-order valence-electron chi connectivity index (χ2n) is 6.99. The Hall–Kier alpha value is -1.26. The van der Waals surface area contributed by atoms with Crippen LogP contribution in [0.3, 0.4) is 0 Å². The Bertz CT molecular complexity index is 540. The lowest BCUT2D eigenvalue weighted by Crippen LogP contribution is -2.33. The van der Waals surface area contributed by atoms with Gasteiger partial charge in [0.15, 0.2) is 0 Å². The van der Waals surface area contributed by atoms with Crippen molar-refractivity contribution in [2.75, 3.05) is 26.7 Å². The first-order valence-corrected chi connectivity index (χ1v) is 8.84. The molecule has 0 atom stereocenters. The Balaban J connectivity index is 0.00000208. The van der Waals surface area contributed by atoms with Crippen LogP contribution >= 0.6 is 12.4 Å². The van der Waals surface area contributed by atoms with Gasteiger partial charge in [-0.3, -0.25) is 4.79 Å². The average molecular weight is 353 g/mol. The highest BCUT2D eigenvalue weighted by atomic mass is 35.5. The molecule has 1 aromatic carbocycles. The first-order valence-electron chi connectivity index (χ1n) is 8.84. The minimum atomic E-state index is 0. The Labute approximate surface area is 151 Å². The summed E-state index contributed by atoms with van der Waals surface area (Å²) in [5, 5.41) is 6.54. The molecule has 24 heavy (non-hydrogen) atoms. The molecule has 5 heteroatoms. The summed E-state index contributed by atoms with van der Waals surface area (Å²) in [6.07, 6.45) is 6.35. The van der Waals surface area contributed by atoms with E-state index in [9.17, 15) is 4.79 Å². The standard InChI is InChI=1S/C19H28N2O2.ClH/c1-23-17-5-3-2-4-16(17)19(10-11-19)14-21-18(22)7-6-15-8-12-20-13-9-15;/h2-5,15,20H,6-14H2,1H3,(H,21,22);1H. The molecule has 1 aromatic rings. The number of piperidine rings is 1. The maximum absolute atomic E-state index is 12.2. The summed E-state index contributed by atoms with van der Waals surface area (Å²) in [7, 11) is 1.71. The van der Waals surface area contributed by atoms with Gasteiger partial charge in [0.05, 0.1) is 7.11 Å². The van der Waals surface area contributed by atoms with E-state index in [-0.39, 0.29) is 23.7 Å². The predicted octanol–water partition coefficient (Wildman–Crippen LogP) is 3.04. The van der Waals surface area contributed by atoms with Gasteiger partial charge in [-0.25, -0.2) is 0 Å². The molecule has 2 aliphatic rings. The van der Waals surface area contributed by atoms with Crippen LogP contribution in [0.5, 0.6) is 5.75 Å². The van der Waals surface area contributed by atoms with Crippen LogP contribution in [0, 0.1) is 5.92 Å². The minimum Gasteiger partial charge on any atom is -0.496 e. The zero-order chi connectivity index (χ0) is 16.1. The fraction of sp³-hybridized carbons (Fsp3) is 0.632. The normalized spacial score (nSPS) is 19.2. The number of halogens is 1. The minimum absolute atomic E-state index is 0. The quantitative estimate of drug-likeness (QED) is 0.793. The number of hydrogen-bond donors (Lipinski definition) is 2. The lowest BCUT2D eigenvalue weighted by Gasteiger charge is -2.23. The van der Waals surface area contributed by atoms with Crippen molar-refractivity contribution in [3.63, 3.8) is 0 Å². The van der Waals surface area contributed by atoms with E-state index in [2.05, 4.69) is 22.8 Å². The van der Waals surface area contributed by atoms with Crippen LogP contribution in [0.1, 0.15) is 44.1 Å². The number of methoxy groups -OCH3 is 1. The van der Waals surface area contributed by atoms with E-state index in [4.69, 9.17) is 4.74 Å². The molecule has 1 aliphatic heterocycles. The van der Waals surface area contributed by atoms with E-state index < -0.39 is 0 Å². The van der Waals surface area contributed by atoms with Gasteiger partial charge >= 0.3 is 0 Å². The summed E-state index contributed by atoms with van der Waals surface area (Å²) in [6.45, 7) is 2.94. The number of benzene rings is 1. The van der Waals surface area contributed by atoms with Gasteiger partial charge in [0, 0.05) is 23.9 Å². The molecule has 0 aromatic heterocycles. The van der Waals surface area contributed by atoms with Gasteiger partial charge in [-0.2, -0.15) is 0 Å². The van der Waals surface area contributed by atoms with E-state index in [1.807, 2.05) is 12.1 Å². The summed E-state index contributed by atoms with van der Waals surface area (Å²) in [4.78, 5) is 12.2. The van der Waals surface area contributed by atoms with Crippen molar-refractivity contribution in [1.82, 2.24) is 10.6 Å². The third-order valence-corrected chi connectivity index (χ3v) is 5.39. The molecule has 0 unspecified atom stereocenters. The largest absolute Gasteiger partial charge is 0.496 e. The number of carbonyl (C=O) groups is 1. The summed E-state index contributed by atoms with van der Waals surface area (Å²) >= 11 is 0. The third kappa shape index (κ3) is 4.64. The van der Waals surface area contributed by atoms with E-state index in [0.29, 0.717) is 12.3 Å². The Kier molecular flexibility index (Phi) is 6.93. The van der Waals surface area contributed by atoms with Gasteiger partial charge in [-0.05, 0) is 57.2 Å². The van der Waals surface area contributed by atoms with Gasteiger partial charge < -0.3 is 15.4 Å². The molecular formula is C19H29ClN2O2. The van der Waals surface area contributed by atoms with Crippen molar-refractivity contribution in [2.45, 2.75) is 43.9 Å². The van der Waals surface area contributed by atoms with Crippen LogP contribution in [0.4, 0.5) is 0 Å². The zero-order valence-electron chi connectivity index (χ0n) is 14.5. The van der Waals surface area contributed by atoms with Crippen LogP contribution in [0.15, 0.2) is 24.3 Å². The van der Waals surface area contributed by atoms with Crippen molar-refractivity contribution >= 4 is 18.3 Å². The van der Waals surface area contributed by atoms with Crippen LogP contribution in [0.25, 0.3) is 0 Å². The second kappa shape index (κ2) is 8.72. The molecule has 1 saturated heterocycles. The molecule has 4 nitrogen and oxygen atoms in total. The number of hydrogen-bond acceptors (Lipinski definition) is 3. The van der Waals surface area contributed by atoms with Crippen molar-refractivity contribution < 1.29 is 9.53 Å². The molecular weight excluding hydrogens is 324 g/mol. The fourth-order valence-electron chi connectivity index (χ4n) is 3.64. The molecule has 134 valence electrons. The Morgan fingerprint density at radius 1 is 1.29 bits per heavy atom. The van der Waals surface area contributed by atoms with Crippen molar-refractivity contribution in [3.8, 4) is 5.75 Å². The monoisotopic (exact) mass is 352 g/mol. The molecule has 0 spiro atoms. The van der Waals surface area contributed by atoms with E-state index in [1.165, 1.54) is 18.4 Å². The lowest BCUT2D eigenvalue weighted by atomic mass is 9.92. The highest BCUT2D eigenvalue weighted by Crippen LogP contribution is 2.50. The van der Waals surface area contributed by atoms with E-state index in [1.54, 1.807) is 7.11 Å². The number of rotatable bonds is 7. The van der Waals surface area contributed by atoms with E-state index >= 15 is 0 Å². The number of para-hydroxylation sites is 1. The van der Waals surface area contributed by atoms with Crippen molar-refractivity contribution in [3.05, 3.63) is 29.8 Å². The van der Waals surface area contributed by atoms with Crippen LogP contribution in [-0.2, 0) is 10.2 Å². The molecule has 1 aliphatic carbocycles. The summed E-state index contributed by atoms with van der Waals surface area (Å²) < 4.78 is 5.49. The van der Waals surface area contributed by atoms with Gasteiger partial charge in [-0.1, -0.05) is 18.2 Å². The van der Waals surface area contributed by atoms with Gasteiger partial charge in [0.1, 0.15) is 5.75 Å². The summed E-state index contributed by atoms with van der Waals surface area (Å²) in [5.74, 6) is 1.85. The van der Waals surface area contributed by atoms with Gasteiger partial charge in [0.2, 0.25) is 5.91 Å². The molecule has 1 amide bonds. The molecule has 2 fully saturated rings. The molecule has 0 bridgehead atoms. The van der Waals surface area contributed by atoms with Gasteiger partial charge in [-0.15, -0.1) is 12.4 Å². The van der Waals surface area contributed by atoms with Crippen molar-refractivity contribution in [1.29, 1.82) is 0 Å². The molecule has 0 radical (unpaired) electrons. The Morgan fingerprint density at radius 2 is 2.00 bits per heavy atom. The van der Waals surface area contributed by atoms with E-state index in [0.717, 1.165) is 44.6 Å². The molecule has 1 saturated carbocycles. The van der Waals surface area contributed by atoms with Gasteiger partial charge in [0.25, 0.3) is 0 Å². The molecule has 1 heterocycles. The van der Waals surface area contributed by atoms with Crippen molar-refractivity contribution in [2.24, 2.45) is 5.92 Å². The SMILES string of the molecule is COc1ccccc1C1(CNC(=O)CCC2CCNCC2)CC1.Cl. The first kappa shape index (κ1) is 19.1. The lowest BCUT2D eigenvalue weighted by molar-refractivity contribution is -0.121. The molecule has 2 N–H and O–H groups in total.